The number of aliphatic carboxylic acids is 1. The van der Waals surface area contributed by atoms with Crippen LogP contribution >= 0.6 is 42.1 Å². The fourth-order valence-electron chi connectivity index (χ4n) is 2.82. The Kier molecular flexibility index (Phi) is 20.9. The van der Waals surface area contributed by atoms with Gasteiger partial charge in [-0.05, 0) is 38.9 Å². The lowest BCUT2D eigenvalue weighted by Crippen LogP contribution is -2.01. The zero-order valence-electron chi connectivity index (χ0n) is 15.2. The van der Waals surface area contributed by atoms with Gasteiger partial charge in [0, 0.05) is 11.7 Å². The molecule has 1 atom stereocenters. The molecule has 0 aliphatic heterocycles. The molecule has 0 aromatic heterocycles. The summed E-state index contributed by atoms with van der Waals surface area (Å²) in [7, 11) is 5.40. The topological polar surface area (TPSA) is 37.3 Å². The molecule has 0 aromatic carbocycles. The molecule has 6 heteroatoms. The second-order valence-electron chi connectivity index (χ2n) is 6.47. The first-order chi connectivity index (χ1) is 11.7. The second kappa shape index (κ2) is 20.2. The van der Waals surface area contributed by atoms with E-state index in [2.05, 4.69) is 18.6 Å². The van der Waals surface area contributed by atoms with Crippen LogP contribution in [0.3, 0.4) is 0 Å². The molecule has 0 bridgehead atoms. The first-order valence-electron chi connectivity index (χ1n) is 9.56. The molecule has 0 aliphatic carbocycles. The first kappa shape index (κ1) is 24.9. The maximum absolute atomic E-state index is 10.4. The van der Waals surface area contributed by atoms with Crippen LogP contribution in [0.5, 0.6) is 0 Å². The average Bonchev–Trinajstić information content (AvgIpc) is 2.57. The minimum Gasteiger partial charge on any atom is -0.481 e. The maximum Gasteiger partial charge on any atom is 0.303 e. The highest BCUT2D eigenvalue weighted by molar-refractivity contribution is 9.24. The minimum absolute atomic E-state index is 0.333. The van der Waals surface area contributed by atoms with Crippen LogP contribution in [0.4, 0.5) is 0 Å². The third-order valence-electron chi connectivity index (χ3n) is 4.25. The lowest BCUT2D eigenvalue weighted by atomic mass is 10.0. The molecule has 24 heavy (non-hydrogen) atoms. The van der Waals surface area contributed by atoms with E-state index < -0.39 is 5.97 Å². The smallest absolute Gasteiger partial charge is 0.303 e. The Morgan fingerprint density at radius 2 is 1.38 bits per heavy atom. The molecule has 0 spiro atoms. The van der Waals surface area contributed by atoms with Crippen molar-refractivity contribution >= 4 is 48.1 Å². The lowest BCUT2D eigenvalue weighted by molar-refractivity contribution is -0.137. The number of hydrogen-bond donors (Lipinski definition) is 2. The highest BCUT2D eigenvalue weighted by Crippen LogP contribution is 2.42. The van der Waals surface area contributed by atoms with Gasteiger partial charge in [0.15, 0.2) is 0 Å². The summed E-state index contributed by atoms with van der Waals surface area (Å²) in [6.45, 7) is 2.27. The van der Waals surface area contributed by atoms with Crippen molar-refractivity contribution in [3.05, 3.63) is 0 Å². The highest BCUT2D eigenvalue weighted by Gasteiger charge is 2.09. The summed E-state index contributed by atoms with van der Waals surface area (Å²) in [6.07, 6.45) is 18.2. The molecule has 0 aliphatic rings. The van der Waals surface area contributed by atoms with Gasteiger partial charge in [-0.3, -0.25) is 4.79 Å². The average molecular weight is 413 g/mol. The van der Waals surface area contributed by atoms with Crippen LogP contribution in [0.1, 0.15) is 103 Å². The first-order valence-corrected chi connectivity index (χ1v) is 14.2. The van der Waals surface area contributed by atoms with E-state index in [1.54, 1.807) is 9.83 Å². The fourth-order valence-corrected chi connectivity index (χ4v) is 6.77. The van der Waals surface area contributed by atoms with E-state index in [4.69, 9.17) is 5.11 Å². The van der Waals surface area contributed by atoms with Gasteiger partial charge in [-0.25, -0.2) is 0 Å². The second-order valence-corrected chi connectivity index (χ2v) is 11.6. The molecule has 144 valence electrons. The van der Waals surface area contributed by atoms with E-state index in [0.29, 0.717) is 6.42 Å². The SMILES string of the molecule is CCCCCCC(CCCCCCCCCCC(=O)O)SSSS. The summed E-state index contributed by atoms with van der Waals surface area (Å²) in [4.78, 5) is 10.4. The van der Waals surface area contributed by atoms with Crippen molar-refractivity contribution < 1.29 is 9.90 Å². The Morgan fingerprint density at radius 3 is 1.88 bits per heavy atom. The summed E-state index contributed by atoms with van der Waals surface area (Å²) < 4.78 is 0. The van der Waals surface area contributed by atoms with Crippen molar-refractivity contribution in [3.63, 3.8) is 0 Å². The van der Waals surface area contributed by atoms with E-state index in [1.165, 1.54) is 77.0 Å². The predicted molar refractivity (Wildman–Crippen MR) is 118 cm³/mol. The monoisotopic (exact) mass is 412 g/mol. The fraction of sp³-hybridized carbons (Fsp3) is 0.944. The molecule has 0 saturated carbocycles. The Bertz CT molecular complexity index is 278. The van der Waals surface area contributed by atoms with Gasteiger partial charge in [0.05, 0.1) is 0 Å². The number of hydrogen-bond acceptors (Lipinski definition) is 5. The van der Waals surface area contributed by atoms with Crippen LogP contribution in [-0.4, -0.2) is 16.3 Å². The Morgan fingerprint density at radius 1 is 0.875 bits per heavy atom. The third kappa shape index (κ3) is 19.2. The van der Waals surface area contributed by atoms with E-state index in [0.717, 1.165) is 18.1 Å². The van der Waals surface area contributed by atoms with E-state index in [-0.39, 0.29) is 0 Å². The van der Waals surface area contributed by atoms with Crippen LogP contribution in [0, 0.1) is 0 Å². The molecule has 0 rings (SSSR count). The molecule has 0 saturated heterocycles. The molecule has 0 aromatic rings. The quantitative estimate of drug-likeness (QED) is 0.127. The summed E-state index contributed by atoms with van der Waals surface area (Å²) >= 11 is 4.23. The maximum atomic E-state index is 10.4. The summed E-state index contributed by atoms with van der Waals surface area (Å²) in [6, 6.07) is 0. The normalized spacial score (nSPS) is 12.4. The van der Waals surface area contributed by atoms with Crippen molar-refractivity contribution in [3.8, 4) is 0 Å². The summed E-state index contributed by atoms with van der Waals surface area (Å²) in [5.74, 6) is -0.661. The van der Waals surface area contributed by atoms with Gasteiger partial charge in [-0.2, -0.15) is 0 Å². The van der Waals surface area contributed by atoms with E-state index in [9.17, 15) is 4.79 Å². The number of unbranched alkanes of at least 4 members (excludes halogenated alkanes) is 10. The number of carboxylic acid groups (broad SMARTS) is 1. The number of rotatable bonds is 19. The molecular formula is C18H36O2S4. The molecule has 0 amide bonds. The van der Waals surface area contributed by atoms with Gasteiger partial charge < -0.3 is 5.11 Å². The van der Waals surface area contributed by atoms with Crippen molar-refractivity contribution in [2.45, 2.75) is 108 Å². The van der Waals surface area contributed by atoms with Crippen molar-refractivity contribution in [2.24, 2.45) is 0 Å². The van der Waals surface area contributed by atoms with E-state index in [1.807, 2.05) is 20.6 Å². The number of carboxylic acids is 1. The molecule has 2 nitrogen and oxygen atoms in total. The molecule has 1 N–H and O–H groups in total. The van der Waals surface area contributed by atoms with Crippen LogP contribution in [-0.2, 0) is 4.79 Å². The summed E-state index contributed by atoms with van der Waals surface area (Å²) in [5.41, 5.74) is 0. The molecular weight excluding hydrogens is 376 g/mol. The van der Waals surface area contributed by atoms with Gasteiger partial charge >= 0.3 is 5.97 Å². The van der Waals surface area contributed by atoms with Crippen LogP contribution in [0.25, 0.3) is 0 Å². The van der Waals surface area contributed by atoms with Gasteiger partial charge in [-0.1, -0.05) is 100 Å². The molecule has 1 unspecified atom stereocenters. The Hall–Kier alpha value is 0.870. The zero-order valence-corrected chi connectivity index (χ0v) is 18.6. The lowest BCUT2D eigenvalue weighted by Gasteiger charge is -2.14. The standard InChI is InChI=1S/C18H36O2S4/c1-2-3-4-11-14-17(22-24-23-21)15-12-9-7-5-6-8-10-13-16-18(19)20/h17,21H,2-16H2,1H3,(H,19,20). The predicted octanol–water partition coefficient (Wildman–Crippen LogP) is 8.19. The van der Waals surface area contributed by atoms with Crippen LogP contribution in [0.2, 0.25) is 0 Å². The van der Waals surface area contributed by atoms with Crippen molar-refractivity contribution in [2.75, 3.05) is 0 Å². The molecule has 0 heterocycles. The molecule has 0 fully saturated rings. The summed E-state index contributed by atoms with van der Waals surface area (Å²) in [5, 5.41) is 9.38. The van der Waals surface area contributed by atoms with Crippen LogP contribution < -0.4 is 0 Å². The largest absolute Gasteiger partial charge is 0.481 e. The number of carbonyl (C=O) groups is 1. The van der Waals surface area contributed by atoms with E-state index >= 15 is 0 Å². The van der Waals surface area contributed by atoms with Crippen molar-refractivity contribution in [1.82, 2.24) is 0 Å². The Labute approximate surface area is 166 Å². The van der Waals surface area contributed by atoms with Gasteiger partial charge in [-0.15, -0.1) is 0 Å². The Balaban J connectivity index is 3.48. The number of thiol groups is 1. The van der Waals surface area contributed by atoms with Gasteiger partial charge in [0.2, 0.25) is 0 Å². The molecule has 0 radical (unpaired) electrons. The van der Waals surface area contributed by atoms with Crippen LogP contribution in [0.15, 0.2) is 0 Å². The van der Waals surface area contributed by atoms with Gasteiger partial charge in [0.1, 0.15) is 0 Å². The third-order valence-corrected chi connectivity index (χ3v) is 9.27. The van der Waals surface area contributed by atoms with Crippen molar-refractivity contribution in [1.29, 1.82) is 0 Å². The minimum atomic E-state index is -0.661. The van der Waals surface area contributed by atoms with Gasteiger partial charge in [0.25, 0.3) is 0 Å². The highest BCUT2D eigenvalue weighted by atomic mass is 33.7. The zero-order chi connectivity index (χ0) is 17.9.